The molecule has 1 aromatic carbocycles. The summed E-state index contributed by atoms with van der Waals surface area (Å²) in [5.74, 6) is -1.68. The third-order valence-electron chi connectivity index (χ3n) is 7.48. The van der Waals surface area contributed by atoms with Gasteiger partial charge in [0.2, 0.25) is 0 Å². The first-order valence-electron chi connectivity index (χ1n) is 11.0. The molecule has 5 aliphatic rings. The van der Waals surface area contributed by atoms with Crippen molar-refractivity contribution in [2.75, 3.05) is 13.2 Å². The average molecular weight is 419 g/mol. The van der Waals surface area contributed by atoms with Crippen LogP contribution in [0.15, 0.2) is 12.1 Å². The molecule has 5 nitrogen and oxygen atoms in total. The lowest BCUT2D eigenvalue weighted by Gasteiger charge is -2.56. The maximum atomic E-state index is 14.6. The molecule has 0 unspecified atom stereocenters. The summed E-state index contributed by atoms with van der Waals surface area (Å²) in [4.78, 5) is 24.1. The number of hydrogen-bond donors (Lipinski definition) is 1. The Balaban J connectivity index is 1.25. The topological polar surface area (TPSA) is 64.6 Å². The summed E-state index contributed by atoms with van der Waals surface area (Å²) in [5, 5.41) is 2.90. The fraction of sp³-hybridized carbons (Fsp3) is 0.652. The van der Waals surface area contributed by atoms with Crippen molar-refractivity contribution >= 4 is 11.9 Å². The number of esters is 2. The second kappa shape index (κ2) is 7.59. The van der Waals surface area contributed by atoms with Gasteiger partial charge in [0.25, 0.3) is 0 Å². The monoisotopic (exact) mass is 419 g/mol. The first-order chi connectivity index (χ1) is 14.4. The molecule has 1 saturated heterocycles. The van der Waals surface area contributed by atoms with Gasteiger partial charge in [-0.2, -0.15) is 0 Å². The minimum atomic E-state index is -1.18. The minimum absolute atomic E-state index is 0.0654. The fourth-order valence-corrected chi connectivity index (χ4v) is 6.60. The van der Waals surface area contributed by atoms with Crippen LogP contribution in [-0.4, -0.2) is 31.1 Å². The van der Waals surface area contributed by atoms with Crippen molar-refractivity contribution in [1.82, 2.24) is 5.32 Å². The molecule has 6 rings (SSSR count). The highest BCUT2D eigenvalue weighted by Crippen LogP contribution is 2.60. The number of nitrogens with one attached hydrogen (secondary N) is 1. The third kappa shape index (κ3) is 3.72. The van der Waals surface area contributed by atoms with Gasteiger partial charge in [0.1, 0.15) is 11.9 Å². The average Bonchev–Trinajstić information content (AvgIpc) is 3.22. The van der Waals surface area contributed by atoms with Crippen molar-refractivity contribution in [1.29, 1.82) is 0 Å². The Labute approximate surface area is 174 Å². The molecular weight excluding hydrogens is 392 g/mol. The first kappa shape index (κ1) is 19.9. The van der Waals surface area contributed by atoms with Crippen LogP contribution in [0, 0.1) is 34.8 Å². The second-order valence-electron chi connectivity index (χ2n) is 9.83. The SMILES string of the molecule is O=C(OC(=O)[C@@H]1CCCN1)c1cc(F)c(OCC23CC4CC(CC(C4)C2)C3)cc1F. The van der Waals surface area contributed by atoms with E-state index in [1.54, 1.807) is 0 Å². The van der Waals surface area contributed by atoms with Gasteiger partial charge in [0.15, 0.2) is 11.6 Å². The van der Waals surface area contributed by atoms with Gasteiger partial charge in [-0.25, -0.2) is 18.4 Å². The summed E-state index contributed by atoms with van der Waals surface area (Å²) in [6.45, 7) is 1.04. The minimum Gasteiger partial charge on any atom is -0.490 e. The third-order valence-corrected chi connectivity index (χ3v) is 7.48. The van der Waals surface area contributed by atoms with Crippen molar-refractivity contribution in [3.8, 4) is 5.75 Å². The van der Waals surface area contributed by atoms with E-state index in [9.17, 15) is 18.4 Å². The highest BCUT2D eigenvalue weighted by molar-refractivity contribution is 5.98. The molecule has 4 bridgehead atoms. The first-order valence-corrected chi connectivity index (χ1v) is 11.0. The summed E-state index contributed by atoms with van der Waals surface area (Å²) in [6, 6.07) is 1.08. The number of carbonyl (C=O) groups excluding carboxylic acids is 2. The van der Waals surface area contributed by atoms with Gasteiger partial charge in [-0.1, -0.05) is 0 Å². The summed E-state index contributed by atoms with van der Waals surface area (Å²) in [6.07, 6.45) is 8.56. The van der Waals surface area contributed by atoms with Crippen molar-refractivity contribution in [3.63, 3.8) is 0 Å². The van der Waals surface area contributed by atoms with Gasteiger partial charge in [0.05, 0.1) is 12.2 Å². The lowest BCUT2D eigenvalue weighted by atomic mass is 9.50. The predicted octanol–water partition coefficient (Wildman–Crippen LogP) is 4.00. The lowest BCUT2D eigenvalue weighted by molar-refractivity contribution is -0.139. The van der Waals surface area contributed by atoms with Crippen LogP contribution in [0.25, 0.3) is 0 Å². The Hall–Kier alpha value is -2.02. The molecule has 1 N–H and O–H groups in total. The normalized spacial score (nSPS) is 34.2. The maximum absolute atomic E-state index is 14.6. The number of ether oxygens (including phenoxy) is 2. The number of benzene rings is 1. The second-order valence-corrected chi connectivity index (χ2v) is 9.83. The van der Waals surface area contributed by atoms with Crippen LogP contribution in [0.4, 0.5) is 8.78 Å². The maximum Gasteiger partial charge on any atom is 0.348 e. The van der Waals surface area contributed by atoms with Crippen LogP contribution in [0.5, 0.6) is 5.75 Å². The van der Waals surface area contributed by atoms with Crippen LogP contribution in [-0.2, 0) is 9.53 Å². The van der Waals surface area contributed by atoms with Gasteiger partial charge in [-0.05, 0) is 81.7 Å². The van der Waals surface area contributed by atoms with E-state index in [4.69, 9.17) is 9.47 Å². The zero-order valence-corrected chi connectivity index (χ0v) is 16.9. The van der Waals surface area contributed by atoms with Crippen LogP contribution in [0.1, 0.15) is 61.7 Å². The van der Waals surface area contributed by atoms with Crippen molar-refractivity contribution < 1.29 is 27.8 Å². The molecule has 4 aliphatic carbocycles. The zero-order chi connectivity index (χ0) is 20.9. The number of hydrogen-bond acceptors (Lipinski definition) is 5. The molecular formula is C23H27F2NO4. The fourth-order valence-electron chi connectivity index (χ4n) is 6.60. The molecule has 4 saturated carbocycles. The Bertz CT molecular complexity index is 830. The van der Waals surface area contributed by atoms with E-state index in [0.717, 1.165) is 55.6 Å². The molecule has 1 atom stereocenters. The highest BCUT2D eigenvalue weighted by Gasteiger charge is 2.51. The van der Waals surface area contributed by atoms with Crippen molar-refractivity contribution in [2.45, 2.75) is 57.4 Å². The van der Waals surface area contributed by atoms with Crippen molar-refractivity contribution in [3.05, 3.63) is 29.3 Å². The van der Waals surface area contributed by atoms with Crippen LogP contribution in [0.2, 0.25) is 0 Å². The van der Waals surface area contributed by atoms with Crippen LogP contribution >= 0.6 is 0 Å². The van der Waals surface area contributed by atoms with Gasteiger partial charge in [-0.3, -0.25) is 0 Å². The van der Waals surface area contributed by atoms with Gasteiger partial charge < -0.3 is 14.8 Å². The number of halogens is 2. The van der Waals surface area contributed by atoms with E-state index in [1.807, 2.05) is 0 Å². The Morgan fingerprint density at radius 2 is 1.70 bits per heavy atom. The molecule has 1 aromatic rings. The van der Waals surface area contributed by atoms with Gasteiger partial charge >= 0.3 is 11.9 Å². The van der Waals surface area contributed by atoms with Crippen molar-refractivity contribution in [2.24, 2.45) is 23.2 Å². The summed E-state index contributed by atoms with van der Waals surface area (Å²) in [5.41, 5.74) is -0.531. The van der Waals surface area contributed by atoms with E-state index in [1.165, 1.54) is 19.3 Å². The molecule has 0 spiro atoms. The molecule has 1 aliphatic heterocycles. The summed E-state index contributed by atoms with van der Waals surface area (Å²) in [7, 11) is 0. The standard InChI is InChI=1S/C23H27F2NO4/c24-17-8-20(29-12-23-9-13-4-14(10-23)6-15(5-13)11-23)18(25)7-16(17)21(27)30-22(28)19-2-1-3-26-19/h7-8,13-15,19,26H,1-6,9-12H2/t13?,14?,15?,19-,23?/m0/s1. The van der Waals surface area contributed by atoms with E-state index in [2.05, 4.69) is 5.32 Å². The van der Waals surface area contributed by atoms with Gasteiger partial charge in [-0.15, -0.1) is 0 Å². The molecule has 0 aromatic heterocycles. The van der Waals surface area contributed by atoms with Crippen LogP contribution in [0.3, 0.4) is 0 Å². The van der Waals surface area contributed by atoms with E-state index >= 15 is 0 Å². The van der Waals surface area contributed by atoms with E-state index in [0.29, 0.717) is 19.6 Å². The van der Waals surface area contributed by atoms with E-state index < -0.39 is 35.2 Å². The Kier molecular flexibility index (Phi) is 5.04. The number of rotatable bonds is 5. The molecule has 0 radical (unpaired) electrons. The molecule has 162 valence electrons. The predicted molar refractivity (Wildman–Crippen MR) is 104 cm³/mol. The molecule has 7 heteroatoms. The number of carbonyl (C=O) groups is 2. The molecule has 5 fully saturated rings. The summed E-state index contributed by atoms with van der Waals surface area (Å²) >= 11 is 0. The van der Waals surface area contributed by atoms with E-state index in [-0.39, 0.29) is 11.2 Å². The quantitative estimate of drug-likeness (QED) is 0.577. The largest absolute Gasteiger partial charge is 0.490 e. The summed E-state index contributed by atoms with van der Waals surface area (Å²) < 4.78 is 39.6. The highest BCUT2D eigenvalue weighted by atomic mass is 19.1. The lowest BCUT2D eigenvalue weighted by Crippen LogP contribution is -2.48. The van der Waals surface area contributed by atoms with Crippen LogP contribution < -0.4 is 10.1 Å². The molecule has 0 amide bonds. The Morgan fingerprint density at radius 3 is 2.30 bits per heavy atom. The zero-order valence-electron chi connectivity index (χ0n) is 16.9. The van der Waals surface area contributed by atoms with Gasteiger partial charge in [0, 0.05) is 11.5 Å². The molecule has 1 heterocycles. The Morgan fingerprint density at radius 1 is 1.03 bits per heavy atom. The molecule has 30 heavy (non-hydrogen) atoms. The smallest absolute Gasteiger partial charge is 0.348 e.